The van der Waals surface area contributed by atoms with Gasteiger partial charge in [-0.05, 0) is 25.5 Å². The number of nitrogens with one attached hydrogen (secondary N) is 1. The zero-order valence-electron chi connectivity index (χ0n) is 12.1. The molecule has 1 aromatic carbocycles. The van der Waals surface area contributed by atoms with Gasteiger partial charge < -0.3 is 10.1 Å². The lowest BCUT2D eigenvalue weighted by Gasteiger charge is -2.19. The van der Waals surface area contributed by atoms with Crippen molar-refractivity contribution in [2.24, 2.45) is 0 Å². The Morgan fingerprint density at radius 3 is 2.63 bits per heavy atom. The molecule has 0 heterocycles. The van der Waals surface area contributed by atoms with Crippen LogP contribution in [-0.2, 0) is 4.74 Å². The van der Waals surface area contributed by atoms with Crippen molar-refractivity contribution in [3.8, 4) is 0 Å². The van der Waals surface area contributed by atoms with E-state index in [1.165, 1.54) is 18.9 Å². The Balaban J connectivity index is 2.49. The van der Waals surface area contributed by atoms with Gasteiger partial charge in [-0.15, -0.1) is 0 Å². The predicted molar refractivity (Wildman–Crippen MR) is 77.8 cm³/mol. The molecule has 3 heteroatoms. The van der Waals surface area contributed by atoms with E-state index < -0.39 is 0 Å². The first-order valence-corrected chi connectivity index (χ1v) is 7.35. The standard InChI is InChI=1S/C16H26FNO/c1-3-5-8-12-19-13-16(18-11-4-2)14-9-6-7-10-15(14)17/h6-7,9-10,16,18H,3-5,8,11-13H2,1-2H3. The molecule has 0 aliphatic rings. The second-order valence-corrected chi connectivity index (χ2v) is 4.81. The van der Waals surface area contributed by atoms with Crippen LogP contribution in [0.1, 0.15) is 51.1 Å². The molecule has 1 atom stereocenters. The average molecular weight is 267 g/mol. The normalized spacial score (nSPS) is 12.6. The Morgan fingerprint density at radius 1 is 1.16 bits per heavy atom. The molecule has 0 aromatic heterocycles. The third-order valence-corrected chi connectivity index (χ3v) is 3.10. The molecule has 1 N–H and O–H groups in total. The molecule has 1 rings (SSSR count). The maximum absolute atomic E-state index is 13.8. The molecule has 0 aliphatic heterocycles. The summed E-state index contributed by atoms with van der Waals surface area (Å²) in [5.74, 6) is -0.159. The van der Waals surface area contributed by atoms with Crippen molar-refractivity contribution < 1.29 is 9.13 Å². The van der Waals surface area contributed by atoms with Gasteiger partial charge in [0, 0.05) is 12.2 Å². The third-order valence-electron chi connectivity index (χ3n) is 3.10. The SMILES string of the molecule is CCCCCOCC(NCCC)c1ccccc1F. The van der Waals surface area contributed by atoms with Crippen LogP contribution < -0.4 is 5.32 Å². The summed E-state index contributed by atoms with van der Waals surface area (Å²) in [5.41, 5.74) is 0.700. The van der Waals surface area contributed by atoms with E-state index >= 15 is 0 Å². The van der Waals surface area contributed by atoms with Crippen molar-refractivity contribution in [3.63, 3.8) is 0 Å². The summed E-state index contributed by atoms with van der Waals surface area (Å²) in [7, 11) is 0. The summed E-state index contributed by atoms with van der Waals surface area (Å²) in [5, 5.41) is 3.35. The van der Waals surface area contributed by atoms with Gasteiger partial charge in [-0.25, -0.2) is 4.39 Å². The van der Waals surface area contributed by atoms with E-state index in [0.29, 0.717) is 12.2 Å². The Kier molecular flexibility index (Phi) is 8.43. The third kappa shape index (κ3) is 6.17. The smallest absolute Gasteiger partial charge is 0.128 e. The molecular weight excluding hydrogens is 241 g/mol. The molecule has 1 unspecified atom stereocenters. The highest BCUT2D eigenvalue weighted by Crippen LogP contribution is 2.17. The van der Waals surface area contributed by atoms with Gasteiger partial charge in [-0.1, -0.05) is 44.9 Å². The van der Waals surface area contributed by atoms with E-state index in [-0.39, 0.29) is 11.9 Å². The minimum atomic E-state index is -0.159. The largest absolute Gasteiger partial charge is 0.379 e. The fourth-order valence-electron chi connectivity index (χ4n) is 1.99. The fourth-order valence-corrected chi connectivity index (χ4v) is 1.99. The first-order chi connectivity index (χ1) is 9.29. The van der Waals surface area contributed by atoms with Crippen LogP contribution in [0.2, 0.25) is 0 Å². The molecule has 108 valence electrons. The molecule has 0 spiro atoms. The second-order valence-electron chi connectivity index (χ2n) is 4.81. The van der Waals surface area contributed by atoms with Gasteiger partial charge in [0.15, 0.2) is 0 Å². The monoisotopic (exact) mass is 267 g/mol. The summed E-state index contributed by atoms with van der Waals surface area (Å²) in [6.07, 6.45) is 4.48. The van der Waals surface area contributed by atoms with Crippen LogP contribution in [0.5, 0.6) is 0 Å². The van der Waals surface area contributed by atoms with Crippen LogP contribution in [0.3, 0.4) is 0 Å². The molecule has 0 aliphatic carbocycles. The maximum Gasteiger partial charge on any atom is 0.128 e. The highest BCUT2D eigenvalue weighted by molar-refractivity contribution is 5.21. The van der Waals surface area contributed by atoms with Gasteiger partial charge in [0.25, 0.3) is 0 Å². The highest BCUT2D eigenvalue weighted by Gasteiger charge is 2.14. The van der Waals surface area contributed by atoms with E-state index in [1.54, 1.807) is 6.07 Å². The number of halogens is 1. The zero-order chi connectivity index (χ0) is 13.9. The molecule has 0 bridgehead atoms. The number of benzene rings is 1. The number of hydrogen-bond donors (Lipinski definition) is 1. The Morgan fingerprint density at radius 2 is 1.95 bits per heavy atom. The van der Waals surface area contributed by atoms with Gasteiger partial charge in [-0.2, -0.15) is 0 Å². The summed E-state index contributed by atoms with van der Waals surface area (Å²) in [6, 6.07) is 6.88. The van der Waals surface area contributed by atoms with Crippen LogP contribution in [0.15, 0.2) is 24.3 Å². The van der Waals surface area contributed by atoms with E-state index in [4.69, 9.17) is 4.74 Å². The number of ether oxygens (including phenoxy) is 1. The lowest BCUT2D eigenvalue weighted by molar-refractivity contribution is 0.107. The van der Waals surface area contributed by atoms with Gasteiger partial charge in [-0.3, -0.25) is 0 Å². The molecule has 1 aromatic rings. The Labute approximate surface area is 116 Å². The van der Waals surface area contributed by atoms with Crippen LogP contribution in [0.4, 0.5) is 4.39 Å². The van der Waals surface area contributed by atoms with Gasteiger partial charge in [0.1, 0.15) is 5.82 Å². The second kappa shape index (κ2) is 9.93. The van der Waals surface area contributed by atoms with Crippen molar-refractivity contribution >= 4 is 0 Å². The summed E-state index contributed by atoms with van der Waals surface area (Å²) in [6.45, 7) is 6.44. The van der Waals surface area contributed by atoms with Crippen molar-refractivity contribution in [1.29, 1.82) is 0 Å². The zero-order valence-corrected chi connectivity index (χ0v) is 12.1. The van der Waals surface area contributed by atoms with E-state index in [2.05, 4.69) is 19.2 Å². The minimum Gasteiger partial charge on any atom is -0.379 e. The van der Waals surface area contributed by atoms with Gasteiger partial charge in [0.05, 0.1) is 12.6 Å². The molecular formula is C16H26FNO. The van der Waals surface area contributed by atoms with Crippen molar-refractivity contribution in [2.75, 3.05) is 19.8 Å². The molecule has 0 saturated carbocycles. The molecule has 0 saturated heterocycles. The van der Waals surface area contributed by atoms with Crippen molar-refractivity contribution in [2.45, 2.75) is 45.6 Å². The number of rotatable bonds is 10. The number of unbranched alkanes of at least 4 members (excludes halogenated alkanes) is 2. The maximum atomic E-state index is 13.8. The van der Waals surface area contributed by atoms with E-state index in [0.717, 1.165) is 26.0 Å². The predicted octanol–water partition coefficient (Wildman–Crippen LogP) is 4.07. The minimum absolute atomic E-state index is 0.0530. The summed E-state index contributed by atoms with van der Waals surface area (Å²) >= 11 is 0. The van der Waals surface area contributed by atoms with Crippen LogP contribution in [-0.4, -0.2) is 19.8 Å². The first-order valence-electron chi connectivity index (χ1n) is 7.35. The van der Waals surface area contributed by atoms with Gasteiger partial charge in [0.2, 0.25) is 0 Å². The van der Waals surface area contributed by atoms with Crippen LogP contribution in [0, 0.1) is 5.82 Å². The first kappa shape index (κ1) is 16.1. The lowest BCUT2D eigenvalue weighted by atomic mass is 10.1. The van der Waals surface area contributed by atoms with Crippen molar-refractivity contribution in [1.82, 2.24) is 5.32 Å². The topological polar surface area (TPSA) is 21.3 Å². The lowest BCUT2D eigenvalue weighted by Crippen LogP contribution is -2.27. The van der Waals surface area contributed by atoms with Crippen LogP contribution in [0.25, 0.3) is 0 Å². The van der Waals surface area contributed by atoms with Gasteiger partial charge >= 0.3 is 0 Å². The van der Waals surface area contributed by atoms with Crippen molar-refractivity contribution in [3.05, 3.63) is 35.6 Å². The molecule has 0 fully saturated rings. The summed E-state index contributed by atoms with van der Waals surface area (Å²) < 4.78 is 19.5. The quantitative estimate of drug-likeness (QED) is 0.645. The van der Waals surface area contributed by atoms with Crippen LogP contribution >= 0.6 is 0 Å². The summed E-state index contributed by atoms with van der Waals surface area (Å²) in [4.78, 5) is 0. The molecule has 2 nitrogen and oxygen atoms in total. The molecule has 19 heavy (non-hydrogen) atoms. The fraction of sp³-hybridized carbons (Fsp3) is 0.625. The highest BCUT2D eigenvalue weighted by atomic mass is 19.1. The number of hydrogen-bond acceptors (Lipinski definition) is 2. The molecule has 0 radical (unpaired) electrons. The average Bonchev–Trinajstić information content (AvgIpc) is 2.43. The molecule has 0 amide bonds. The van der Waals surface area contributed by atoms with E-state index in [1.807, 2.05) is 12.1 Å². The Bertz CT molecular complexity index is 343. The van der Waals surface area contributed by atoms with E-state index in [9.17, 15) is 4.39 Å². The Hall–Kier alpha value is -0.930.